The van der Waals surface area contributed by atoms with Crippen LogP contribution in [0, 0.1) is 11.8 Å². The molecule has 3 aliphatic rings. The Labute approximate surface area is 255 Å². The molecule has 12 heteroatoms. The number of hydrogen-bond donors (Lipinski definition) is 6. The highest BCUT2D eigenvalue weighted by Gasteiger charge is 2.63. The van der Waals surface area contributed by atoms with Gasteiger partial charge >= 0.3 is 0 Å². The molecule has 3 aliphatic carbocycles. The number of primary amides is 1. The number of aromatic hydroxyl groups is 1. The third-order valence-electron chi connectivity index (χ3n) is 8.80. The highest BCUT2D eigenvalue weighted by atomic mass is 32.1. The minimum Gasteiger partial charge on any atom is -0.510 e. The molecule has 7 N–H and O–H groups in total. The molecule has 44 heavy (non-hydrogen) atoms. The molecule has 2 aromatic carbocycles. The molecule has 1 heterocycles. The molecule has 4 unspecified atom stereocenters. The number of carbonyl (C=O) groups excluding carboxylic acids is 4. The van der Waals surface area contributed by atoms with E-state index in [2.05, 4.69) is 5.32 Å². The summed E-state index contributed by atoms with van der Waals surface area (Å²) in [5.74, 6) is -7.21. The number of fused-ring (bicyclic) bond motifs is 3. The Bertz CT molecular complexity index is 1810. The average Bonchev–Trinajstić information content (AvgIpc) is 3.51. The van der Waals surface area contributed by atoms with Crippen LogP contribution in [0.3, 0.4) is 0 Å². The molecule has 0 fully saturated rings. The normalized spacial score (nSPS) is 24.6. The van der Waals surface area contributed by atoms with Crippen LogP contribution in [0.4, 0.5) is 5.69 Å². The lowest BCUT2D eigenvalue weighted by molar-refractivity contribution is -0.148. The zero-order valence-electron chi connectivity index (χ0n) is 23.7. The van der Waals surface area contributed by atoms with Gasteiger partial charge in [-0.3, -0.25) is 24.1 Å². The number of thiophene rings is 1. The lowest BCUT2D eigenvalue weighted by Gasteiger charge is -2.50. The van der Waals surface area contributed by atoms with E-state index >= 15 is 0 Å². The van der Waals surface area contributed by atoms with Crippen molar-refractivity contribution in [2.75, 3.05) is 19.4 Å². The number of hydrogen-bond acceptors (Lipinski definition) is 10. The van der Waals surface area contributed by atoms with Gasteiger partial charge in [-0.1, -0.05) is 24.3 Å². The van der Waals surface area contributed by atoms with E-state index in [1.54, 1.807) is 56.6 Å². The molecule has 2 amide bonds. The van der Waals surface area contributed by atoms with Crippen molar-refractivity contribution in [3.05, 3.63) is 92.6 Å². The quantitative estimate of drug-likeness (QED) is 0.234. The molecule has 4 atom stereocenters. The first kappa shape index (κ1) is 29.3. The maximum Gasteiger partial charge on any atom is 0.265 e. The number of benzene rings is 2. The van der Waals surface area contributed by atoms with Crippen molar-refractivity contribution in [2.45, 2.75) is 24.5 Å². The summed E-state index contributed by atoms with van der Waals surface area (Å²) in [4.78, 5) is 54.1. The number of carbonyl (C=O) groups is 4. The topological polar surface area (TPSA) is 190 Å². The molecular formula is C32H29N3O8S. The van der Waals surface area contributed by atoms with Crippen molar-refractivity contribution < 1.29 is 39.6 Å². The van der Waals surface area contributed by atoms with Gasteiger partial charge in [0.25, 0.3) is 11.8 Å². The molecule has 0 bridgehead atoms. The zero-order chi connectivity index (χ0) is 31.7. The van der Waals surface area contributed by atoms with Gasteiger partial charge in [0.15, 0.2) is 11.4 Å². The van der Waals surface area contributed by atoms with Crippen molar-refractivity contribution in [1.29, 1.82) is 0 Å². The number of ketones is 2. The molecule has 0 saturated carbocycles. The number of nitrogens with one attached hydrogen (secondary N) is 1. The van der Waals surface area contributed by atoms with E-state index < -0.39 is 58.0 Å². The van der Waals surface area contributed by atoms with Crippen LogP contribution >= 0.6 is 11.3 Å². The summed E-state index contributed by atoms with van der Waals surface area (Å²) >= 11 is 1.32. The van der Waals surface area contributed by atoms with Crippen molar-refractivity contribution in [1.82, 2.24) is 4.90 Å². The molecule has 0 spiro atoms. The highest BCUT2D eigenvalue weighted by molar-refractivity contribution is 7.12. The SMILES string of the molecule is CN(C)C1C(O)=C(C(N)=O)C(=O)C2(O)C(O)=C3C(=O)c4c(O)ccc(-c5ccc(NC(=O)c6cccs6)cc5)c4CC3CC12. The van der Waals surface area contributed by atoms with E-state index in [0.717, 1.165) is 0 Å². The number of aliphatic hydroxyl groups excluding tert-OH is 2. The van der Waals surface area contributed by atoms with Crippen molar-refractivity contribution >= 4 is 40.4 Å². The van der Waals surface area contributed by atoms with E-state index in [-0.39, 0.29) is 35.6 Å². The fourth-order valence-corrected chi connectivity index (χ4v) is 7.47. The van der Waals surface area contributed by atoms with Crippen LogP contribution in [-0.4, -0.2) is 74.4 Å². The first-order chi connectivity index (χ1) is 20.9. The molecule has 0 aliphatic heterocycles. The molecule has 0 radical (unpaired) electrons. The van der Waals surface area contributed by atoms with E-state index in [0.29, 0.717) is 27.3 Å². The summed E-state index contributed by atoms with van der Waals surface area (Å²) in [6.07, 6.45) is 0.156. The number of nitrogens with zero attached hydrogens (tertiary/aromatic N) is 1. The monoisotopic (exact) mass is 615 g/mol. The lowest BCUT2D eigenvalue weighted by atomic mass is 9.58. The number of Topliss-reactive ketones (excluding diaryl/α,β-unsaturated/α-hetero) is 2. The predicted octanol–water partition coefficient (Wildman–Crippen LogP) is 3.10. The molecule has 226 valence electrons. The number of anilines is 1. The van der Waals surface area contributed by atoms with Gasteiger partial charge in [0.1, 0.15) is 22.8 Å². The summed E-state index contributed by atoms with van der Waals surface area (Å²) < 4.78 is 0. The first-order valence-electron chi connectivity index (χ1n) is 13.8. The van der Waals surface area contributed by atoms with Gasteiger partial charge < -0.3 is 31.5 Å². The average molecular weight is 616 g/mol. The van der Waals surface area contributed by atoms with Crippen LogP contribution in [0.15, 0.2) is 76.6 Å². The van der Waals surface area contributed by atoms with E-state index in [9.17, 15) is 39.6 Å². The smallest absolute Gasteiger partial charge is 0.265 e. The fourth-order valence-electron chi connectivity index (χ4n) is 6.85. The minimum atomic E-state index is -2.69. The van der Waals surface area contributed by atoms with Gasteiger partial charge in [0, 0.05) is 17.2 Å². The summed E-state index contributed by atoms with van der Waals surface area (Å²) in [6.45, 7) is 0. The van der Waals surface area contributed by atoms with E-state index in [1.165, 1.54) is 22.3 Å². The van der Waals surface area contributed by atoms with E-state index in [1.807, 2.05) is 5.38 Å². The highest BCUT2D eigenvalue weighted by Crippen LogP contribution is 2.53. The third kappa shape index (κ3) is 4.25. The second kappa shape index (κ2) is 10.4. The number of nitrogens with two attached hydrogens (primary N) is 1. The fraction of sp³-hybridized carbons (Fsp3) is 0.250. The van der Waals surface area contributed by atoms with Crippen molar-refractivity contribution in [3.8, 4) is 16.9 Å². The lowest BCUT2D eigenvalue weighted by Crippen LogP contribution is -2.63. The second-order valence-corrected chi connectivity index (χ2v) is 12.4. The minimum absolute atomic E-state index is 0.00541. The molecule has 3 aromatic rings. The second-order valence-electron chi connectivity index (χ2n) is 11.5. The van der Waals surface area contributed by atoms with Crippen LogP contribution in [0.1, 0.15) is 32.0 Å². The van der Waals surface area contributed by atoms with Gasteiger partial charge in [0.05, 0.1) is 16.5 Å². The number of rotatable bonds is 5. The maximum atomic E-state index is 14.0. The van der Waals surface area contributed by atoms with Crippen LogP contribution in [0.25, 0.3) is 11.1 Å². The van der Waals surface area contributed by atoms with Gasteiger partial charge in [-0.25, -0.2) is 0 Å². The Morgan fingerprint density at radius 1 is 1.05 bits per heavy atom. The molecule has 6 rings (SSSR count). The van der Waals surface area contributed by atoms with Gasteiger partial charge in [-0.15, -0.1) is 11.3 Å². The number of phenolic OH excluding ortho intramolecular Hbond substituents is 1. The number of phenols is 1. The number of allylic oxidation sites excluding steroid dienone is 1. The first-order valence-corrected chi connectivity index (χ1v) is 14.7. The maximum absolute atomic E-state index is 14.0. The summed E-state index contributed by atoms with van der Waals surface area (Å²) in [6, 6.07) is 12.5. The van der Waals surface area contributed by atoms with Crippen LogP contribution in [0.2, 0.25) is 0 Å². The Morgan fingerprint density at radius 2 is 1.75 bits per heavy atom. The molecular weight excluding hydrogens is 586 g/mol. The zero-order valence-corrected chi connectivity index (χ0v) is 24.5. The van der Waals surface area contributed by atoms with Crippen molar-refractivity contribution in [2.24, 2.45) is 17.6 Å². The van der Waals surface area contributed by atoms with Gasteiger partial charge in [0.2, 0.25) is 5.78 Å². The van der Waals surface area contributed by atoms with E-state index in [4.69, 9.17) is 5.73 Å². The molecule has 1 aromatic heterocycles. The van der Waals surface area contributed by atoms with Crippen molar-refractivity contribution in [3.63, 3.8) is 0 Å². The number of aliphatic hydroxyl groups is 3. The number of likely N-dealkylation sites (N-methyl/N-ethyl adjacent to an activating group) is 1. The summed E-state index contributed by atoms with van der Waals surface area (Å²) in [5.41, 5.74) is 3.98. The summed E-state index contributed by atoms with van der Waals surface area (Å²) in [5, 5.41) is 49.6. The van der Waals surface area contributed by atoms with Crippen LogP contribution in [0.5, 0.6) is 5.75 Å². The van der Waals surface area contributed by atoms with Gasteiger partial charge in [-0.2, -0.15) is 0 Å². The third-order valence-corrected chi connectivity index (χ3v) is 9.67. The standard InChI is InChI=1S/C32H29N3O8S/c1-35(2)25-19-13-15-12-18-17(14-5-7-16(8-6-14)34-31(42)21-4-3-11-44-21)9-10-20(36)23(18)26(37)22(15)28(39)32(19,43)29(40)24(27(25)38)30(33)41/h3-11,15,19,25,36,38-39,43H,12-13H2,1-2H3,(H2,33,41)(H,34,42). The Hall–Kier alpha value is -4.78. The molecule has 0 saturated heterocycles. The Morgan fingerprint density at radius 3 is 2.36 bits per heavy atom. The van der Waals surface area contributed by atoms with Crippen LogP contribution in [-0.2, 0) is 16.0 Å². The van der Waals surface area contributed by atoms with Crippen LogP contribution < -0.4 is 11.1 Å². The predicted molar refractivity (Wildman–Crippen MR) is 161 cm³/mol. The largest absolute Gasteiger partial charge is 0.510 e. The number of amides is 2. The Balaban J connectivity index is 1.41. The van der Waals surface area contributed by atoms with Gasteiger partial charge in [-0.05, 0) is 79.2 Å². The summed E-state index contributed by atoms with van der Waals surface area (Å²) in [7, 11) is 3.16. The Kier molecular flexibility index (Phi) is 6.95. The molecule has 11 nitrogen and oxygen atoms in total.